The molecule has 9 heteroatoms. The maximum Gasteiger partial charge on any atom is 0.166 e. The Hall–Kier alpha value is -1.23. The van der Waals surface area contributed by atoms with Gasteiger partial charge in [-0.3, -0.25) is 14.4 Å². The van der Waals surface area contributed by atoms with Crippen LogP contribution >= 0.6 is 0 Å². The maximum absolute atomic E-state index is 12.5. The van der Waals surface area contributed by atoms with Crippen LogP contribution in [0, 0.1) is 0 Å². The molecule has 1 unspecified atom stereocenters. The topological polar surface area (TPSA) is 127 Å². The second kappa shape index (κ2) is 17.8. The Balaban J connectivity index is 0.938. The Morgan fingerprint density at radius 1 is 0.689 bits per heavy atom. The van der Waals surface area contributed by atoms with Crippen molar-refractivity contribution < 1.29 is 43.2 Å². The third-order valence-corrected chi connectivity index (χ3v) is 9.65. The van der Waals surface area contributed by atoms with E-state index in [1.54, 1.807) is 0 Å². The zero-order valence-electron chi connectivity index (χ0n) is 28.3. The highest BCUT2D eigenvalue weighted by molar-refractivity contribution is 5.86. The number of ketones is 3. The molecule has 4 heterocycles. The van der Waals surface area contributed by atoms with Crippen LogP contribution in [0.15, 0.2) is 0 Å². The average molecular weight is 637 g/mol. The number of rotatable bonds is 25. The fraction of sp³-hybridized carbons (Fsp3) is 0.917. The maximum atomic E-state index is 12.5. The van der Waals surface area contributed by atoms with Crippen molar-refractivity contribution in [2.24, 2.45) is 0 Å². The lowest BCUT2D eigenvalue weighted by Crippen LogP contribution is -2.43. The second-order valence-electron chi connectivity index (χ2n) is 14.5. The van der Waals surface area contributed by atoms with Crippen LogP contribution in [-0.2, 0) is 38.1 Å². The highest BCUT2D eigenvalue weighted by Gasteiger charge is 2.46. The van der Waals surface area contributed by atoms with Gasteiger partial charge in [0.2, 0.25) is 0 Å². The van der Waals surface area contributed by atoms with E-state index in [1.807, 2.05) is 13.8 Å². The van der Waals surface area contributed by atoms with Crippen LogP contribution in [0.1, 0.15) is 150 Å². The molecule has 0 spiro atoms. The van der Waals surface area contributed by atoms with Gasteiger partial charge in [0.25, 0.3) is 0 Å². The van der Waals surface area contributed by atoms with E-state index in [-0.39, 0.29) is 66.5 Å². The van der Waals surface area contributed by atoms with E-state index >= 15 is 0 Å². The number of hydrogen-bond donors (Lipinski definition) is 1. The van der Waals surface area contributed by atoms with Crippen LogP contribution in [0.3, 0.4) is 0 Å². The van der Waals surface area contributed by atoms with Crippen molar-refractivity contribution >= 4 is 17.3 Å². The molecule has 0 aromatic carbocycles. The van der Waals surface area contributed by atoms with Gasteiger partial charge in [0.05, 0.1) is 36.6 Å². The van der Waals surface area contributed by atoms with Crippen molar-refractivity contribution in [1.82, 2.24) is 0 Å². The number of carbonyl (C=O) groups is 3. The smallest absolute Gasteiger partial charge is 0.166 e. The van der Waals surface area contributed by atoms with Crippen molar-refractivity contribution in [3.8, 4) is 0 Å². The van der Waals surface area contributed by atoms with Crippen LogP contribution in [0.5, 0.6) is 0 Å². The first-order valence-electron chi connectivity index (χ1n) is 18.1. The Morgan fingerprint density at radius 2 is 1.20 bits per heavy atom. The Labute approximate surface area is 270 Å². The number of unbranched alkanes of at least 4 members (excludes halogenated alkanes) is 6. The van der Waals surface area contributed by atoms with Gasteiger partial charge in [0, 0.05) is 19.3 Å². The molecule has 9 nitrogen and oxygen atoms in total. The molecule has 0 bridgehead atoms. The molecule has 0 amide bonds. The largest absolute Gasteiger partial charge is 0.393 e. The molecule has 4 aliphatic rings. The summed E-state index contributed by atoms with van der Waals surface area (Å²) in [5.74, 6) is -0.135. The van der Waals surface area contributed by atoms with Crippen molar-refractivity contribution in [1.29, 1.82) is 0 Å². The monoisotopic (exact) mass is 636 g/mol. The summed E-state index contributed by atoms with van der Waals surface area (Å²) >= 11 is 0. The van der Waals surface area contributed by atoms with Crippen LogP contribution in [-0.4, -0.2) is 83.2 Å². The van der Waals surface area contributed by atoms with Crippen molar-refractivity contribution in [2.75, 3.05) is 0 Å². The average Bonchev–Trinajstić information content (AvgIpc) is 3.85. The number of carbonyl (C=O) groups excluding carboxylic acids is 3. The highest BCUT2D eigenvalue weighted by Crippen LogP contribution is 2.33. The van der Waals surface area contributed by atoms with E-state index in [1.165, 1.54) is 12.8 Å². The Kier molecular flexibility index (Phi) is 14.5. The van der Waals surface area contributed by atoms with E-state index < -0.39 is 18.0 Å². The van der Waals surface area contributed by atoms with Gasteiger partial charge in [-0.05, 0) is 78.6 Å². The molecule has 0 saturated carbocycles. The molecular weight excluding hydrogens is 576 g/mol. The zero-order valence-corrected chi connectivity index (χ0v) is 28.3. The Morgan fingerprint density at radius 3 is 1.76 bits per heavy atom. The summed E-state index contributed by atoms with van der Waals surface area (Å²) in [6.07, 6.45) is 15.0. The molecule has 9 atom stereocenters. The van der Waals surface area contributed by atoms with Crippen molar-refractivity contribution in [3.05, 3.63) is 0 Å². The minimum atomic E-state index is -0.690. The summed E-state index contributed by atoms with van der Waals surface area (Å²) in [5.41, 5.74) is 0. The standard InChI is InChI=1S/C36H60O9/c1-5-6-9-19-30-33(41-30)27(38)18-12-8-13-20-31-35(43-31)29(40)23-25(37)15-14-21-32-34(42-32)28(39)17-11-7-10-16-26-22-24(2)44-36(3,4)45-26/h24-26,30-35,37H,5-23H2,1-4H3/t24-,25?,26+,30+,31+,32+,33-,34-,35-/m0/s1. The molecule has 4 fully saturated rings. The van der Waals surface area contributed by atoms with Gasteiger partial charge in [-0.2, -0.15) is 0 Å². The SMILES string of the molecule is CCCCC[C@H]1O[C@H]1C(=O)CCCCC[C@H]1O[C@H]1C(=O)CC(O)CCC[C@H]1O[C@H]1C(=O)CCCCC[C@@H]1C[C@H](C)OC(C)(C)O1. The quantitative estimate of drug-likeness (QED) is 0.0903. The van der Waals surface area contributed by atoms with Gasteiger partial charge in [0.15, 0.2) is 23.1 Å². The Bertz CT molecular complexity index is 951. The second-order valence-corrected chi connectivity index (χ2v) is 14.5. The lowest BCUT2D eigenvalue weighted by atomic mass is 9.99. The first-order valence-corrected chi connectivity index (χ1v) is 18.1. The first-order chi connectivity index (χ1) is 21.6. The van der Waals surface area contributed by atoms with E-state index in [0.29, 0.717) is 19.3 Å². The van der Waals surface area contributed by atoms with E-state index in [2.05, 4.69) is 13.8 Å². The molecule has 45 heavy (non-hydrogen) atoms. The summed E-state index contributed by atoms with van der Waals surface area (Å²) in [6, 6.07) is 0. The summed E-state index contributed by atoms with van der Waals surface area (Å²) in [7, 11) is 0. The number of ether oxygens (including phenoxy) is 5. The fourth-order valence-electron chi connectivity index (χ4n) is 7.05. The third kappa shape index (κ3) is 13.1. The molecule has 0 aromatic rings. The molecule has 1 N–H and O–H groups in total. The van der Waals surface area contributed by atoms with Gasteiger partial charge in [-0.1, -0.05) is 51.9 Å². The van der Waals surface area contributed by atoms with Gasteiger partial charge >= 0.3 is 0 Å². The molecule has 0 radical (unpaired) electrons. The minimum Gasteiger partial charge on any atom is -0.393 e. The zero-order chi connectivity index (χ0) is 32.4. The van der Waals surface area contributed by atoms with Gasteiger partial charge in [-0.25, -0.2) is 0 Å². The van der Waals surface area contributed by atoms with Gasteiger partial charge < -0.3 is 28.8 Å². The third-order valence-electron chi connectivity index (χ3n) is 9.65. The minimum absolute atomic E-state index is 0.0278. The van der Waals surface area contributed by atoms with Crippen LogP contribution < -0.4 is 0 Å². The predicted octanol–water partition coefficient (Wildman–Crippen LogP) is 6.33. The lowest BCUT2D eigenvalue weighted by Gasteiger charge is -2.39. The fourth-order valence-corrected chi connectivity index (χ4v) is 7.05. The first kappa shape index (κ1) is 36.6. The lowest BCUT2D eigenvalue weighted by molar-refractivity contribution is -0.296. The van der Waals surface area contributed by atoms with E-state index in [4.69, 9.17) is 23.7 Å². The number of Topliss-reactive ketones (excluding diaryl/α,β-unsaturated/α-hetero) is 3. The summed E-state index contributed by atoms with van der Waals surface area (Å²) in [6.45, 7) is 8.19. The summed E-state index contributed by atoms with van der Waals surface area (Å²) in [4.78, 5) is 37.2. The molecular formula is C36H60O9. The number of epoxide rings is 3. The highest BCUT2D eigenvalue weighted by atomic mass is 16.7. The summed E-state index contributed by atoms with van der Waals surface area (Å²) < 4.78 is 28.6. The van der Waals surface area contributed by atoms with Gasteiger partial charge in [0.1, 0.15) is 18.3 Å². The molecule has 0 aromatic heterocycles. The number of hydrogen-bond acceptors (Lipinski definition) is 9. The molecule has 4 saturated heterocycles. The number of aliphatic hydroxyl groups excluding tert-OH is 1. The van der Waals surface area contributed by atoms with Gasteiger partial charge in [-0.15, -0.1) is 0 Å². The molecule has 4 aliphatic heterocycles. The van der Waals surface area contributed by atoms with Crippen molar-refractivity contribution in [2.45, 2.75) is 210 Å². The molecule has 4 rings (SSSR count). The predicted molar refractivity (Wildman–Crippen MR) is 170 cm³/mol. The van der Waals surface area contributed by atoms with E-state index in [9.17, 15) is 19.5 Å². The normalized spacial score (nSPS) is 32.2. The number of aliphatic hydroxyl groups is 1. The van der Waals surface area contributed by atoms with Crippen molar-refractivity contribution in [3.63, 3.8) is 0 Å². The van der Waals surface area contributed by atoms with Crippen LogP contribution in [0.4, 0.5) is 0 Å². The van der Waals surface area contributed by atoms with Crippen LogP contribution in [0.25, 0.3) is 0 Å². The molecule has 0 aliphatic carbocycles. The van der Waals surface area contributed by atoms with E-state index in [0.717, 1.165) is 83.5 Å². The van der Waals surface area contributed by atoms with Crippen LogP contribution in [0.2, 0.25) is 0 Å². The molecule has 258 valence electrons. The summed E-state index contributed by atoms with van der Waals surface area (Å²) in [5, 5.41) is 10.4.